The number of esters is 1. The van der Waals surface area contributed by atoms with Crippen LogP contribution in [0.1, 0.15) is 32.8 Å². The SMILES string of the molecule is CCOc1c(Cl)cc(/C=C/C(=O)N(CCC(=O)OC)CC(C)C)cc1OC. The minimum absolute atomic E-state index is 0.158. The lowest BCUT2D eigenvalue weighted by Crippen LogP contribution is -2.34. The number of rotatable bonds is 10. The van der Waals surface area contributed by atoms with Crippen molar-refractivity contribution in [3.05, 3.63) is 28.8 Å². The number of halogens is 1. The van der Waals surface area contributed by atoms with Crippen LogP contribution in [0.15, 0.2) is 18.2 Å². The molecule has 0 spiro atoms. The van der Waals surface area contributed by atoms with E-state index in [0.717, 1.165) is 0 Å². The molecule has 1 aromatic carbocycles. The standard InChI is InChI=1S/C20H28ClNO5/c1-6-27-20-16(21)11-15(12-17(20)25-4)7-8-18(23)22(13-14(2)3)10-9-19(24)26-5/h7-8,11-12,14H,6,9-10,13H2,1-5H3/b8-7+. The van der Waals surface area contributed by atoms with E-state index in [4.69, 9.17) is 21.1 Å². The molecule has 0 atom stereocenters. The van der Waals surface area contributed by atoms with E-state index >= 15 is 0 Å². The smallest absolute Gasteiger partial charge is 0.307 e. The number of hydrogen-bond acceptors (Lipinski definition) is 5. The second-order valence-corrected chi connectivity index (χ2v) is 6.71. The maximum absolute atomic E-state index is 12.6. The third-order valence-corrected chi connectivity index (χ3v) is 3.95. The van der Waals surface area contributed by atoms with E-state index in [2.05, 4.69) is 4.74 Å². The molecular weight excluding hydrogens is 370 g/mol. The highest BCUT2D eigenvalue weighted by Crippen LogP contribution is 2.36. The van der Waals surface area contributed by atoms with Gasteiger partial charge in [-0.25, -0.2) is 0 Å². The van der Waals surface area contributed by atoms with Gasteiger partial charge in [-0.2, -0.15) is 0 Å². The summed E-state index contributed by atoms with van der Waals surface area (Å²) in [6.45, 7) is 7.21. The Morgan fingerprint density at radius 1 is 1.26 bits per heavy atom. The van der Waals surface area contributed by atoms with Gasteiger partial charge < -0.3 is 19.1 Å². The molecule has 0 bridgehead atoms. The van der Waals surface area contributed by atoms with Crippen molar-refractivity contribution in [1.82, 2.24) is 4.90 Å². The van der Waals surface area contributed by atoms with Crippen molar-refractivity contribution in [2.24, 2.45) is 5.92 Å². The lowest BCUT2D eigenvalue weighted by atomic mass is 10.1. The summed E-state index contributed by atoms with van der Waals surface area (Å²) in [6, 6.07) is 3.46. The van der Waals surface area contributed by atoms with E-state index in [1.807, 2.05) is 20.8 Å². The van der Waals surface area contributed by atoms with Crippen LogP contribution in [0, 0.1) is 5.92 Å². The first-order valence-corrected chi connectivity index (χ1v) is 9.24. The highest BCUT2D eigenvalue weighted by Gasteiger charge is 2.15. The number of ether oxygens (including phenoxy) is 3. The number of benzene rings is 1. The molecule has 0 unspecified atom stereocenters. The number of nitrogens with zero attached hydrogens (tertiary/aromatic N) is 1. The molecule has 7 heteroatoms. The quantitative estimate of drug-likeness (QED) is 0.443. The van der Waals surface area contributed by atoms with Crippen LogP contribution >= 0.6 is 11.6 Å². The average molecular weight is 398 g/mol. The van der Waals surface area contributed by atoms with Crippen molar-refractivity contribution < 1.29 is 23.8 Å². The van der Waals surface area contributed by atoms with Gasteiger partial charge in [-0.15, -0.1) is 0 Å². The van der Waals surface area contributed by atoms with E-state index in [9.17, 15) is 9.59 Å². The number of carbonyl (C=O) groups is 2. The molecule has 1 rings (SSSR count). The number of carbonyl (C=O) groups excluding carboxylic acids is 2. The summed E-state index contributed by atoms with van der Waals surface area (Å²) < 4.78 is 15.4. The van der Waals surface area contributed by atoms with Crippen LogP contribution in [0.25, 0.3) is 6.08 Å². The van der Waals surface area contributed by atoms with Gasteiger partial charge in [0, 0.05) is 19.2 Å². The molecule has 0 saturated carbocycles. The molecule has 0 aliphatic rings. The van der Waals surface area contributed by atoms with Crippen LogP contribution in [0.4, 0.5) is 0 Å². The fraction of sp³-hybridized carbons (Fsp3) is 0.500. The number of amides is 1. The summed E-state index contributed by atoms with van der Waals surface area (Å²) in [4.78, 5) is 25.6. The van der Waals surface area contributed by atoms with Crippen LogP contribution < -0.4 is 9.47 Å². The Balaban J connectivity index is 2.95. The monoisotopic (exact) mass is 397 g/mol. The first-order chi connectivity index (χ1) is 12.8. The van der Waals surface area contributed by atoms with E-state index < -0.39 is 0 Å². The maximum atomic E-state index is 12.6. The molecule has 0 N–H and O–H groups in total. The summed E-state index contributed by atoms with van der Waals surface area (Å²) in [6.07, 6.45) is 3.29. The minimum atomic E-state index is -0.344. The lowest BCUT2D eigenvalue weighted by Gasteiger charge is -2.22. The fourth-order valence-electron chi connectivity index (χ4n) is 2.45. The van der Waals surface area contributed by atoms with E-state index in [1.165, 1.54) is 20.3 Å². The third kappa shape index (κ3) is 7.51. The number of methoxy groups -OCH3 is 2. The Labute approximate surface area is 166 Å². The highest BCUT2D eigenvalue weighted by atomic mass is 35.5. The Morgan fingerprint density at radius 2 is 1.96 bits per heavy atom. The van der Waals surface area contributed by atoms with Crippen LogP contribution in [0.3, 0.4) is 0 Å². The summed E-state index contributed by atoms with van der Waals surface area (Å²) in [7, 11) is 2.86. The van der Waals surface area contributed by atoms with Crippen molar-refractivity contribution in [2.45, 2.75) is 27.2 Å². The zero-order chi connectivity index (χ0) is 20.4. The molecule has 150 valence electrons. The van der Waals surface area contributed by atoms with Gasteiger partial charge in [0.1, 0.15) is 0 Å². The van der Waals surface area contributed by atoms with E-state index in [1.54, 1.807) is 23.1 Å². The largest absolute Gasteiger partial charge is 0.493 e. The molecule has 0 aliphatic heterocycles. The molecule has 0 aliphatic carbocycles. The summed E-state index contributed by atoms with van der Waals surface area (Å²) >= 11 is 6.25. The van der Waals surface area contributed by atoms with Crippen molar-refractivity contribution in [3.63, 3.8) is 0 Å². The first-order valence-electron chi connectivity index (χ1n) is 8.86. The van der Waals surface area contributed by atoms with Gasteiger partial charge in [0.15, 0.2) is 11.5 Å². The zero-order valence-electron chi connectivity index (χ0n) is 16.6. The van der Waals surface area contributed by atoms with Gasteiger partial charge in [0.25, 0.3) is 0 Å². The minimum Gasteiger partial charge on any atom is -0.493 e. The van der Waals surface area contributed by atoms with Gasteiger partial charge in [-0.1, -0.05) is 25.4 Å². The van der Waals surface area contributed by atoms with E-state index in [-0.39, 0.29) is 24.2 Å². The zero-order valence-corrected chi connectivity index (χ0v) is 17.3. The second kappa shape index (κ2) is 11.5. The number of hydrogen-bond donors (Lipinski definition) is 0. The van der Waals surface area contributed by atoms with Crippen LogP contribution in [-0.2, 0) is 14.3 Å². The molecule has 27 heavy (non-hydrogen) atoms. The molecule has 6 nitrogen and oxygen atoms in total. The van der Waals surface area contributed by atoms with Crippen molar-refractivity contribution in [3.8, 4) is 11.5 Å². The van der Waals surface area contributed by atoms with Crippen molar-refractivity contribution in [2.75, 3.05) is 33.9 Å². The fourth-order valence-corrected chi connectivity index (χ4v) is 2.73. The second-order valence-electron chi connectivity index (χ2n) is 6.30. The molecule has 1 aromatic rings. The van der Waals surface area contributed by atoms with Crippen molar-refractivity contribution in [1.29, 1.82) is 0 Å². The summed E-state index contributed by atoms with van der Waals surface area (Å²) in [5.74, 6) is 0.728. The Bertz CT molecular complexity index is 673. The summed E-state index contributed by atoms with van der Waals surface area (Å²) in [5.41, 5.74) is 0.714. The molecule has 0 fully saturated rings. The molecule has 1 amide bonds. The van der Waals surface area contributed by atoms with Crippen molar-refractivity contribution >= 4 is 29.6 Å². The Morgan fingerprint density at radius 3 is 2.52 bits per heavy atom. The van der Waals surface area contributed by atoms with Gasteiger partial charge >= 0.3 is 5.97 Å². The average Bonchev–Trinajstić information content (AvgIpc) is 2.64. The normalized spacial score (nSPS) is 10.9. The third-order valence-electron chi connectivity index (χ3n) is 3.67. The summed E-state index contributed by atoms with van der Waals surface area (Å²) in [5, 5.41) is 0.410. The lowest BCUT2D eigenvalue weighted by molar-refractivity contribution is -0.141. The van der Waals surface area contributed by atoms with Gasteiger partial charge in [-0.3, -0.25) is 9.59 Å². The maximum Gasteiger partial charge on any atom is 0.307 e. The van der Waals surface area contributed by atoms with Crippen LogP contribution in [-0.4, -0.2) is 50.7 Å². The highest BCUT2D eigenvalue weighted by molar-refractivity contribution is 6.32. The van der Waals surface area contributed by atoms with Crippen LogP contribution in [0.2, 0.25) is 5.02 Å². The van der Waals surface area contributed by atoms with Gasteiger partial charge in [0.05, 0.1) is 32.3 Å². The predicted octanol–water partition coefficient (Wildman–Crippen LogP) is 3.81. The molecule has 0 radical (unpaired) electrons. The molecule has 0 heterocycles. The van der Waals surface area contributed by atoms with Gasteiger partial charge in [0.2, 0.25) is 5.91 Å². The Kier molecular flexibility index (Phi) is 9.72. The van der Waals surface area contributed by atoms with E-state index in [0.29, 0.717) is 41.8 Å². The molecule has 0 aromatic heterocycles. The van der Waals surface area contributed by atoms with Crippen LogP contribution in [0.5, 0.6) is 11.5 Å². The van der Waals surface area contributed by atoms with Gasteiger partial charge in [-0.05, 0) is 36.6 Å². The molecular formula is C20H28ClNO5. The topological polar surface area (TPSA) is 65.1 Å². The molecule has 0 saturated heterocycles. The first kappa shape index (κ1) is 22.8. The predicted molar refractivity (Wildman–Crippen MR) is 106 cm³/mol. The Hall–Kier alpha value is -2.21.